The maximum Gasteiger partial charge on any atom is 0.238 e. The van der Waals surface area contributed by atoms with Crippen LogP contribution in [0.5, 0.6) is 5.75 Å². The number of benzene rings is 2. The predicted molar refractivity (Wildman–Crippen MR) is 105 cm³/mol. The van der Waals surface area contributed by atoms with Crippen molar-refractivity contribution in [3.8, 4) is 5.75 Å². The van der Waals surface area contributed by atoms with Crippen molar-refractivity contribution in [3.63, 3.8) is 0 Å². The van der Waals surface area contributed by atoms with Crippen molar-refractivity contribution in [1.29, 1.82) is 0 Å². The number of amides is 1. The summed E-state index contributed by atoms with van der Waals surface area (Å²) in [7, 11) is -2.08. The largest absolute Gasteiger partial charge is 0.497 e. The van der Waals surface area contributed by atoms with Crippen LogP contribution in [0.25, 0.3) is 0 Å². The molecule has 0 spiro atoms. The van der Waals surface area contributed by atoms with Gasteiger partial charge < -0.3 is 15.0 Å². The molecule has 144 valence electrons. The maximum absolute atomic E-state index is 12.2. The molecule has 2 aromatic rings. The quantitative estimate of drug-likeness (QED) is 0.788. The summed E-state index contributed by atoms with van der Waals surface area (Å²) in [6, 6.07) is 11.8. The Morgan fingerprint density at radius 1 is 1.22 bits per heavy atom. The fourth-order valence-corrected chi connectivity index (χ4v) is 3.71. The van der Waals surface area contributed by atoms with E-state index in [9.17, 15) is 13.2 Å². The van der Waals surface area contributed by atoms with Gasteiger partial charge in [-0.2, -0.15) is 0 Å². The van der Waals surface area contributed by atoms with Crippen molar-refractivity contribution in [1.82, 2.24) is 0 Å². The first-order chi connectivity index (χ1) is 12.9. The Balaban J connectivity index is 1.59. The molecule has 0 saturated heterocycles. The number of aryl methyl sites for hydroxylation is 1. The minimum absolute atomic E-state index is 0.0147. The number of rotatable bonds is 6. The van der Waals surface area contributed by atoms with Gasteiger partial charge in [-0.25, -0.2) is 13.6 Å². The summed E-state index contributed by atoms with van der Waals surface area (Å²) in [5.74, 6) is 0.718. The number of carbonyl (C=O) groups is 1. The molecule has 27 heavy (non-hydrogen) atoms. The third kappa shape index (κ3) is 4.78. The van der Waals surface area contributed by atoms with Gasteiger partial charge in [-0.3, -0.25) is 4.79 Å². The van der Waals surface area contributed by atoms with Crippen LogP contribution in [0.2, 0.25) is 0 Å². The van der Waals surface area contributed by atoms with Crippen LogP contribution in [-0.4, -0.2) is 34.5 Å². The van der Waals surface area contributed by atoms with Gasteiger partial charge in [0.15, 0.2) is 0 Å². The average molecular weight is 389 g/mol. The number of carbonyl (C=O) groups excluding carboxylic acids is 1. The maximum atomic E-state index is 12.2. The zero-order valence-corrected chi connectivity index (χ0v) is 16.0. The van der Waals surface area contributed by atoms with E-state index in [0.717, 1.165) is 30.8 Å². The second-order valence-corrected chi connectivity index (χ2v) is 8.01. The molecule has 3 rings (SSSR count). The van der Waals surface area contributed by atoms with Crippen molar-refractivity contribution in [3.05, 3.63) is 48.0 Å². The minimum atomic E-state index is -3.73. The van der Waals surface area contributed by atoms with Gasteiger partial charge in [-0.05, 0) is 60.9 Å². The van der Waals surface area contributed by atoms with Gasteiger partial charge in [-0.15, -0.1) is 0 Å². The molecule has 0 unspecified atom stereocenters. The van der Waals surface area contributed by atoms with E-state index in [1.54, 1.807) is 7.11 Å². The molecule has 3 N–H and O–H groups in total. The summed E-state index contributed by atoms with van der Waals surface area (Å²) in [5.41, 5.74) is 2.92. The zero-order chi connectivity index (χ0) is 19.4. The summed E-state index contributed by atoms with van der Waals surface area (Å²) < 4.78 is 27.8. The molecule has 0 fully saturated rings. The van der Waals surface area contributed by atoms with E-state index in [-0.39, 0.29) is 10.8 Å². The highest BCUT2D eigenvalue weighted by Crippen LogP contribution is 2.30. The number of nitrogens with two attached hydrogens (primary N) is 1. The molecule has 0 bridgehead atoms. The van der Waals surface area contributed by atoms with Crippen LogP contribution in [0.3, 0.4) is 0 Å². The van der Waals surface area contributed by atoms with E-state index in [0.29, 0.717) is 18.7 Å². The number of nitrogens with one attached hydrogen (secondary N) is 1. The molecule has 1 amide bonds. The number of anilines is 2. The molecule has 8 heteroatoms. The van der Waals surface area contributed by atoms with Crippen LogP contribution < -0.4 is 20.1 Å². The lowest BCUT2D eigenvalue weighted by atomic mass is 10.0. The van der Waals surface area contributed by atoms with Crippen LogP contribution >= 0.6 is 0 Å². The molecule has 7 nitrogen and oxygen atoms in total. The molecule has 1 aliphatic heterocycles. The monoisotopic (exact) mass is 389 g/mol. The Morgan fingerprint density at radius 3 is 2.63 bits per heavy atom. The second kappa shape index (κ2) is 7.98. The molecular weight excluding hydrogens is 366 g/mol. The van der Waals surface area contributed by atoms with E-state index in [4.69, 9.17) is 9.88 Å². The number of hydrogen-bond donors (Lipinski definition) is 2. The molecular formula is C19H23N3O4S. The van der Waals surface area contributed by atoms with Crippen molar-refractivity contribution in [2.75, 3.05) is 30.4 Å². The summed E-state index contributed by atoms with van der Waals surface area (Å²) in [5, 5.41) is 7.85. The summed E-state index contributed by atoms with van der Waals surface area (Å²) in [6.45, 7) is 1.52. The van der Waals surface area contributed by atoms with Crippen LogP contribution in [0, 0.1) is 0 Å². The zero-order valence-electron chi connectivity index (χ0n) is 15.1. The average Bonchev–Trinajstić information content (AvgIpc) is 2.65. The van der Waals surface area contributed by atoms with E-state index < -0.39 is 10.0 Å². The number of primary sulfonamides is 1. The fraction of sp³-hybridized carbons (Fsp3) is 0.316. The summed E-state index contributed by atoms with van der Waals surface area (Å²) >= 11 is 0. The SMILES string of the molecule is COc1ccc2c(c1)CCCN2CCC(=O)Nc1ccc(S(N)(=O)=O)cc1. The molecule has 1 aliphatic rings. The lowest BCUT2D eigenvalue weighted by Crippen LogP contribution is -2.32. The second-order valence-electron chi connectivity index (χ2n) is 6.45. The van der Waals surface area contributed by atoms with Crippen molar-refractivity contribution in [2.45, 2.75) is 24.2 Å². The Hall–Kier alpha value is -2.58. The van der Waals surface area contributed by atoms with Gasteiger partial charge in [0, 0.05) is 30.9 Å². The standard InChI is InChI=1S/C19H23N3O4S/c1-26-16-6-9-18-14(13-16)3-2-11-22(18)12-10-19(23)21-15-4-7-17(8-5-15)27(20,24)25/h4-9,13H,2-3,10-12H2,1H3,(H,21,23)(H2,20,24,25). The van der Waals surface area contributed by atoms with E-state index >= 15 is 0 Å². The molecule has 0 atom stereocenters. The molecule has 1 heterocycles. The third-order valence-electron chi connectivity index (χ3n) is 4.58. The topological polar surface area (TPSA) is 102 Å². The number of sulfonamides is 1. The van der Waals surface area contributed by atoms with Gasteiger partial charge >= 0.3 is 0 Å². The van der Waals surface area contributed by atoms with Crippen LogP contribution in [0.4, 0.5) is 11.4 Å². The van der Waals surface area contributed by atoms with Crippen LogP contribution in [0.15, 0.2) is 47.4 Å². The van der Waals surface area contributed by atoms with Gasteiger partial charge in [0.05, 0.1) is 12.0 Å². The van der Waals surface area contributed by atoms with E-state index in [1.807, 2.05) is 12.1 Å². The van der Waals surface area contributed by atoms with Crippen molar-refractivity contribution >= 4 is 27.3 Å². The normalized spacial score (nSPS) is 13.8. The van der Waals surface area contributed by atoms with E-state index in [2.05, 4.69) is 16.3 Å². The molecule has 2 aromatic carbocycles. The minimum Gasteiger partial charge on any atom is -0.497 e. The van der Waals surface area contributed by atoms with Gasteiger partial charge in [0.2, 0.25) is 15.9 Å². The number of fused-ring (bicyclic) bond motifs is 1. The highest BCUT2D eigenvalue weighted by molar-refractivity contribution is 7.89. The third-order valence-corrected chi connectivity index (χ3v) is 5.51. The number of ether oxygens (including phenoxy) is 1. The summed E-state index contributed by atoms with van der Waals surface area (Å²) in [4.78, 5) is 14.5. The molecule has 0 radical (unpaired) electrons. The van der Waals surface area contributed by atoms with Gasteiger partial charge in [0.1, 0.15) is 5.75 Å². The number of methoxy groups -OCH3 is 1. The first kappa shape index (κ1) is 19.2. The van der Waals surface area contributed by atoms with Crippen LogP contribution in [0.1, 0.15) is 18.4 Å². The Bertz CT molecular complexity index is 926. The Morgan fingerprint density at radius 2 is 1.96 bits per heavy atom. The predicted octanol–water partition coefficient (Wildman–Crippen LogP) is 2.12. The van der Waals surface area contributed by atoms with Crippen molar-refractivity contribution < 1.29 is 17.9 Å². The molecule has 0 aromatic heterocycles. The number of hydrogen-bond acceptors (Lipinski definition) is 5. The van der Waals surface area contributed by atoms with Gasteiger partial charge in [0.25, 0.3) is 0 Å². The first-order valence-corrected chi connectivity index (χ1v) is 10.3. The first-order valence-electron chi connectivity index (χ1n) is 8.71. The number of nitrogens with zero attached hydrogens (tertiary/aromatic N) is 1. The van der Waals surface area contributed by atoms with Crippen LogP contribution in [-0.2, 0) is 21.2 Å². The van der Waals surface area contributed by atoms with Crippen molar-refractivity contribution in [2.24, 2.45) is 5.14 Å². The molecule has 0 aliphatic carbocycles. The molecule has 0 saturated carbocycles. The van der Waals surface area contributed by atoms with E-state index in [1.165, 1.54) is 29.8 Å². The fourth-order valence-electron chi connectivity index (χ4n) is 3.20. The highest BCUT2D eigenvalue weighted by atomic mass is 32.2. The smallest absolute Gasteiger partial charge is 0.238 e. The lowest BCUT2D eigenvalue weighted by molar-refractivity contribution is -0.116. The Labute approximate surface area is 159 Å². The lowest BCUT2D eigenvalue weighted by Gasteiger charge is -2.31. The van der Waals surface area contributed by atoms with Gasteiger partial charge in [-0.1, -0.05) is 0 Å². The Kier molecular flexibility index (Phi) is 5.67. The summed E-state index contributed by atoms with van der Waals surface area (Å²) in [6.07, 6.45) is 2.38. The highest BCUT2D eigenvalue weighted by Gasteiger charge is 2.18.